The lowest BCUT2D eigenvalue weighted by Gasteiger charge is -2.38. The van der Waals surface area contributed by atoms with Gasteiger partial charge in [-0.2, -0.15) is 21.6 Å². The van der Waals surface area contributed by atoms with Crippen molar-refractivity contribution in [3.63, 3.8) is 0 Å². The normalized spacial score (nSPS) is 20.3. The summed E-state index contributed by atoms with van der Waals surface area (Å²) in [5, 5.41) is 0. The summed E-state index contributed by atoms with van der Waals surface area (Å²) in [6, 6.07) is 3.74. The van der Waals surface area contributed by atoms with Gasteiger partial charge in [-0.05, 0) is 25.5 Å². The lowest BCUT2D eigenvalue weighted by atomic mass is 10.1. The van der Waals surface area contributed by atoms with Gasteiger partial charge in [-0.15, -0.1) is 0 Å². The Balaban J connectivity index is 0.00000145. The van der Waals surface area contributed by atoms with Crippen molar-refractivity contribution in [1.82, 2.24) is 9.97 Å². The number of halogens is 3. The molecular formula is C18H24F3N3O4S. The van der Waals surface area contributed by atoms with Crippen molar-refractivity contribution < 1.29 is 30.5 Å². The Bertz CT molecular complexity index is 938. The first-order chi connectivity index (χ1) is 13.6. The molecule has 1 aromatic heterocycles. The predicted molar refractivity (Wildman–Crippen MR) is 103 cm³/mol. The zero-order valence-corrected chi connectivity index (χ0v) is 17.4. The number of nitrogens with zero attached hydrogens (tertiary/aromatic N) is 3. The van der Waals surface area contributed by atoms with Gasteiger partial charge in [0.05, 0.1) is 23.9 Å². The number of anilines is 1. The fourth-order valence-corrected chi connectivity index (χ4v) is 3.46. The number of ether oxygens (including phenoxy) is 1. The van der Waals surface area contributed by atoms with Gasteiger partial charge in [-0.3, -0.25) is 14.2 Å². The summed E-state index contributed by atoms with van der Waals surface area (Å²) in [5.74, 6) is 0. The molecular weight excluding hydrogens is 411 g/mol. The van der Waals surface area contributed by atoms with Crippen LogP contribution in [-0.4, -0.2) is 55.8 Å². The van der Waals surface area contributed by atoms with Crippen molar-refractivity contribution >= 4 is 26.8 Å². The molecule has 1 saturated heterocycles. The van der Waals surface area contributed by atoms with Gasteiger partial charge in [0.1, 0.15) is 11.6 Å². The SMILES string of the molecule is CC.Cc1ccc(N2C[C@H](COS(=O)(=O)C(F)(F)F)O[C@H](C)C2)c2nccnc12. The van der Waals surface area contributed by atoms with E-state index in [-0.39, 0.29) is 12.6 Å². The monoisotopic (exact) mass is 435 g/mol. The average Bonchev–Trinajstić information content (AvgIpc) is 2.67. The number of aromatic nitrogens is 2. The van der Waals surface area contributed by atoms with Gasteiger partial charge in [0, 0.05) is 25.5 Å². The molecule has 1 aliphatic heterocycles. The highest BCUT2D eigenvalue weighted by Crippen LogP contribution is 2.29. The zero-order chi connectivity index (χ0) is 21.8. The fourth-order valence-electron chi connectivity index (χ4n) is 3.00. The molecule has 7 nitrogen and oxygen atoms in total. The highest BCUT2D eigenvalue weighted by molar-refractivity contribution is 7.87. The second kappa shape index (κ2) is 9.23. The smallest absolute Gasteiger partial charge is 0.369 e. The van der Waals surface area contributed by atoms with Crippen LogP contribution >= 0.6 is 0 Å². The minimum Gasteiger partial charge on any atom is -0.369 e. The summed E-state index contributed by atoms with van der Waals surface area (Å²) >= 11 is 0. The van der Waals surface area contributed by atoms with Crippen LogP contribution in [0, 0.1) is 6.92 Å². The summed E-state index contributed by atoms with van der Waals surface area (Å²) in [5.41, 5.74) is -2.38. The summed E-state index contributed by atoms with van der Waals surface area (Å²) in [7, 11) is -5.66. The maximum atomic E-state index is 12.4. The summed E-state index contributed by atoms with van der Waals surface area (Å²) in [6.07, 6.45) is 1.96. The number of alkyl halides is 3. The van der Waals surface area contributed by atoms with Crippen molar-refractivity contribution in [1.29, 1.82) is 0 Å². The van der Waals surface area contributed by atoms with Crippen molar-refractivity contribution in [3.05, 3.63) is 30.1 Å². The van der Waals surface area contributed by atoms with Gasteiger partial charge in [-0.1, -0.05) is 19.9 Å². The van der Waals surface area contributed by atoms with Crippen LogP contribution < -0.4 is 4.90 Å². The van der Waals surface area contributed by atoms with E-state index >= 15 is 0 Å². The van der Waals surface area contributed by atoms with E-state index in [1.807, 2.05) is 37.8 Å². The largest absolute Gasteiger partial charge is 0.523 e. The van der Waals surface area contributed by atoms with Crippen LogP contribution in [0.5, 0.6) is 0 Å². The Labute approximate surface area is 168 Å². The van der Waals surface area contributed by atoms with E-state index in [0.717, 1.165) is 16.8 Å². The Hall–Kier alpha value is -1.98. The highest BCUT2D eigenvalue weighted by Gasteiger charge is 2.47. The Kier molecular flexibility index (Phi) is 7.41. The molecule has 0 saturated carbocycles. The van der Waals surface area contributed by atoms with Gasteiger partial charge in [-0.25, -0.2) is 0 Å². The molecule has 0 bridgehead atoms. The average molecular weight is 435 g/mol. The topological polar surface area (TPSA) is 81.6 Å². The highest BCUT2D eigenvalue weighted by atomic mass is 32.2. The number of hydrogen-bond acceptors (Lipinski definition) is 7. The molecule has 1 aliphatic rings. The maximum absolute atomic E-state index is 12.4. The van der Waals surface area contributed by atoms with Gasteiger partial charge in [0.25, 0.3) is 0 Å². The van der Waals surface area contributed by atoms with Crippen molar-refractivity contribution in [2.24, 2.45) is 0 Å². The summed E-state index contributed by atoms with van der Waals surface area (Å²) in [6.45, 7) is 7.56. The van der Waals surface area contributed by atoms with Crippen LogP contribution in [0.25, 0.3) is 11.0 Å². The molecule has 0 spiro atoms. The van der Waals surface area contributed by atoms with Crippen LogP contribution in [0.15, 0.2) is 24.5 Å². The van der Waals surface area contributed by atoms with Crippen molar-refractivity contribution in [3.8, 4) is 0 Å². The molecule has 1 aromatic carbocycles. The van der Waals surface area contributed by atoms with E-state index in [9.17, 15) is 21.6 Å². The molecule has 0 radical (unpaired) electrons. The van der Waals surface area contributed by atoms with Crippen molar-refractivity contribution in [2.45, 2.75) is 45.4 Å². The number of morpholine rings is 1. The molecule has 0 unspecified atom stereocenters. The Morgan fingerprint density at radius 1 is 1.17 bits per heavy atom. The molecule has 0 aliphatic carbocycles. The van der Waals surface area contributed by atoms with Gasteiger partial charge in [0.2, 0.25) is 0 Å². The minimum atomic E-state index is -5.66. The molecule has 162 valence electrons. The quantitative estimate of drug-likeness (QED) is 0.538. The Morgan fingerprint density at radius 3 is 2.41 bits per heavy atom. The van der Waals surface area contributed by atoms with E-state index in [0.29, 0.717) is 12.1 Å². The summed E-state index contributed by atoms with van der Waals surface area (Å²) in [4.78, 5) is 10.6. The van der Waals surface area contributed by atoms with Crippen LogP contribution in [0.4, 0.5) is 18.9 Å². The first kappa shape index (κ1) is 23.3. The van der Waals surface area contributed by atoms with Crippen LogP contribution in [0.3, 0.4) is 0 Å². The predicted octanol–water partition coefficient (Wildman–Crippen LogP) is 3.42. The number of hydrogen-bond donors (Lipinski definition) is 0. The molecule has 11 heteroatoms. The molecule has 0 amide bonds. The number of aryl methyl sites for hydroxylation is 1. The lowest BCUT2D eigenvalue weighted by Crippen LogP contribution is -2.49. The zero-order valence-electron chi connectivity index (χ0n) is 16.6. The molecule has 2 aromatic rings. The van der Waals surface area contributed by atoms with Gasteiger partial charge < -0.3 is 9.64 Å². The van der Waals surface area contributed by atoms with E-state index in [1.165, 1.54) is 0 Å². The molecule has 0 N–H and O–H groups in total. The first-order valence-electron chi connectivity index (χ1n) is 9.15. The number of fused-ring (bicyclic) bond motifs is 1. The molecule has 29 heavy (non-hydrogen) atoms. The minimum absolute atomic E-state index is 0.159. The second-order valence-electron chi connectivity index (χ2n) is 6.31. The van der Waals surface area contributed by atoms with Crippen LogP contribution in [-0.2, 0) is 19.0 Å². The third kappa shape index (κ3) is 5.34. The van der Waals surface area contributed by atoms with E-state index in [2.05, 4.69) is 14.2 Å². The summed E-state index contributed by atoms with van der Waals surface area (Å²) < 4.78 is 69.2. The maximum Gasteiger partial charge on any atom is 0.523 e. The first-order valence-corrected chi connectivity index (χ1v) is 10.6. The van der Waals surface area contributed by atoms with E-state index in [4.69, 9.17) is 4.74 Å². The molecule has 2 heterocycles. The van der Waals surface area contributed by atoms with E-state index in [1.54, 1.807) is 19.3 Å². The molecule has 3 rings (SSSR count). The van der Waals surface area contributed by atoms with E-state index < -0.39 is 28.3 Å². The van der Waals surface area contributed by atoms with Gasteiger partial charge in [0.15, 0.2) is 0 Å². The van der Waals surface area contributed by atoms with Gasteiger partial charge >= 0.3 is 15.6 Å². The standard InChI is InChI=1S/C16H18F3N3O4S.C2H6/c1-10-3-4-13(15-14(10)20-5-6-21-15)22-7-11(2)26-12(8-22)9-25-27(23,24)16(17,18)19;1-2/h3-6,11-12H,7-9H2,1-2H3;1-2H3/t11-,12-;/m1./s1. The van der Waals surface area contributed by atoms with Crippen LogP contribution in [0.2, 0.25) is 0 Å². The second-order valence-corrected chi connectivity index (χ2v) is 7.92. The van der Waals surface area contributed by atoms with Crippen molar-refractivity contribution in [2.75, 3.05) is 24.6 Å². The number of rotatable bonds is 4. The lowest BCUT2D eigenvalue weighted by molar-refractivity contribution is -0.0656. The Morgan fingerprint density at radius 2 is 1.79 bits per heavy atom. The number of benzene rings is 1. The van der Waals surface area contributed by atoms with Crippen LogP contribution in [0.1, 0.15) is 26.3 Å². The fraction of sp³-hybridized carbons (Fsp3) is 0.556. The molecule has 2 atom stereocenters. The molecule has 1 fully saturated rings. The third-order valence-corrected chi connectivity index (χ3v) is 5.18. The third-order valence-electron chi connectivity index (χ3n) is 4.17.